The lowest BCUT2D eigenvalue weighted by atomic mass is 9.97. The third-order valence-corrected chi connectivity index (χ3v) is 4.76. The number of pyridine rings is 1. The van der Waals surface area contributed by atoms with Gasteiger partial charge in [-0.2, -0.15) is 4.98 Å². The zero-order valence-corrected chi connectivity index (χ0v) is 14.4. The number of aromatic nitrogens is 3. The minimum atomic E-state index is 0.00434. The van der Waals surface area contributed by atoms with Crippen molar-refractivity contribution in [1.82, 2.24) is 20.0 Å². The second-order valence-corrected chi connectivity index (χ2v) is 6.87. The van der Waals surface area contributed by atoms with E-state index in [0.717, 1.165) is 30.1 Å². The number of fused-ring (bicyclic) bond motifs is 1. The van der Waals surface area contributed by atoms with Gasteiger partial charge in [0.25, 0.3) is 0 Å². The lowest BCUT2D eigenvalue weighted by molar-refractivity contribution is -0.131. The normalized spacial score (nSPS) is 16.8. The third-order valence-electron chi connectivity index (χ3n) is 4.76. The van der Waals surface area contributed by atoms with Crippen LogP contribution in [0.4, 0.5) is 0 Å². The molecule has 25 heavy (non-hydrogen) atoms. The molecule has 1 saturated carbocycles. The SMILES string of the molecule is Cc1noc(CC(=O)N2CCc3c(COCC4CC4)cncc3C2)n1. The van der Waals surface area contributed by atoms with Crippen LogP contribution in [0.2, 0.25) is 0 Å². The van der Waals surface area contributed by atoms with Crippen molar-refractivity contribution in [3.8, 4) is 0 Å². The quantitative estimate of drug-likeness (QED) is 0.796. The predicted octanol–water partition coefficient (Wildman–Crippen LogP) is 1.83. The van der Waals surface area contributed by atoms with Gasteiger partial charge in [-0.3, -0.25) is 9.78 Å². The Balaban J connectivity index is 1.39. The molecular weight excluding hydrogens is 320 g/mol. The van der Waals surface area contributed by atoms with Crippen LogP contribution in [-0.4, -0.2) is 39.1 Å². The van der Waals surface area contributed by atoms with E-state index >= 15 is 0 Å². The second-order valence-electron chi connectivity index (χ2n) is 6.87. The summed E-state index contributed by atoms with van der Waals surface area (Å²) in [5, 5.41) is 3.73. The van der Waals surface area contributed by atoms with Gasteiger partial charge >= 0.3 is 0 Å². The lowest BCUT2D eigenvalue weighted by Gasteiger charge is -2.29. The number of carbonyl (C=O) groups excluding carboxylic acids is 1. The van der Waals surface area contributed by atoms with Crippen molar-refractivity contribution in [2.45, 2.75) is 45.8 Å². The number of hydrogen-bond donors (Lipinski definition) is 0. The van der Waals surface area contributed by atoms with E-state index in [4.69, 9.17) is 9.26 Å². The van der Waals surface area contributed by atoms with E-state index in [1.165, 1.54) is 18.4 Å². The lowest BCUT2D eigenvalue weighted by Crippen LogP contribution is -2.37. The molecule has 2 aromatic heterocycles. The Morgan fingerprint density at radius 1 is 1.40 bits per heavy atom. The molecule has 0 radical (unpaired) electrons. The number of nitrogens with zero attached hydrogens (tertiary/aromatic N) is 4. The summed E-state index contributed by atoms with van der Waals surface area (Å²) in [6.45, 7) is 4.47. The van der Waals surface area contributed by atoms with Crippen LogP contribution in [0, 0.1) is 12.8 Å². The van der Waals surface area contributed by atoms with Gasteiger partial charge in [-0.05, 0) is 48.8 Å². The Hall–Kier alpha value is -2.28. The van der Waals surface area contributed by atoms with Gasteiger partial charge in [-0.1, -0.05) is 5.16 Å². The van der Waals surface area contributed by atoms with E-state index in [-0.39, 0.29) is 12.3 Å². The zero-order valence-electron chi connectivity index (χ0n) is 14.4. The fourth-order valence-corrected chi connectivity index (χ4v) is 3.18. The predicted molar refractivity (Wildman–Crippen MR) is 88.5 cm³/mol. The van der Waals surface area contributed by atoms with Crippen LogP contribution >= 0.6 is 0 Å². The van der Waals surface area contributed by atoms with Crippen LogP contribution < -0.4 is 0 Å². The molecule has 1 aliphatic carbocycles. The maximum atomic E-state index is 12.5. The van der Waals surface area contributed by atoms with Crippen molar-refractivity contribution in [2.24, 2.45) is 5.92 Å². The van der Waals surface area contributed by atoms with Crippen LogP contribution in [-0.2, 0) is 35.5 Å². The fraction of sp³-hybridized carbons (Fsp3) is 0.556. The molecule has 0 aromatic carbocycles. The Bertz CT molecular complexity index is 769. The molecule has 0 unspecified atom stereocenters. The number of aryl methyl sites for hydroxylation is 1. The van der Waals surface area contributed by atoms with Gasteiger partial charge < -0.3 is 14.2 Å². The largest absolute Gasteiger partial charge is 0.376 e. The summed E-state index contributed by atoms with van der Waals surface area (Å²) < 4.78 is 10.9. The Morgan fingerprint density at radius 3 is 3.04 bits per heavy atom. The first-order valence-electron chi connectivity index (χ1n) is 8.78. The van der Waals surface area contributed by atoms with Gasteiger partial charge in [0.1, 0.15) is 6.42 Å². The van der Waals surface area contributed by atoms with Gasteiger partial charge in [0.05, 0.1) is 6.61 Å². The summed E-state index contributed by atoms with van der Waals surface area (Å²) in [7, 11) is 0. The smallest absolute Gasteiger partial charge is 0.236 e. The maximum absolute atomic E-state index is 12.5. The molecule has 3 heterocycles. The van der Waals surface area contributed by atoms with Gasteiger partial charge in [-0.25, -0.2) is 0 Å². The highest BCUT2D eigenvalue weighted by Gasteiger charge is 2.25. The molecule has 7 nitrogen and oxygen atoms in total. The number of ether oxygens (including phenoxy) is 1. The molecule has 132 valence electrons. The minimum Gasteiger partial charge on any atom is -0.376 e. The first-order chi connectivity index (χ1) is 12.2. The second kappa shape index (κ2) is 6.92. The van der Waals surface area contributed by atoms with Gasteiger partial charge in [-0.15, -0.1) is 0 Å². The summed E-state index contributed by atoms with van der Waals surface area (Å²) in [5.41, 5.74) is 3.54. The average Bonchev–Trinajstić information content (AvgIpc) is 3.35. The molecule has 2 aromatic rings. The van der Waals surface area contributed by atoms with E-state index < -0.39 is 0 Å². The highest BCUT2D eigenvalue weighted by Crippen LogP contribution is 2.29. The van der Waals surface area contributed by atoms with Gasteiger partial charge in [0, 0.05) is 32.1 Å². The van der Waals surface area contributed by atoms with Crippen LogP contribution in [0.5, 0.6) is 0 Å². The van der Waals surface area contributed by atoms with Crippen molar-refractivity contribution >= 4 is 5.91 Å². The number of amides is 1. The zero-order chi connectivity index (χ0) is 17.2. The molecular formula is C18H22N4O3. The van der Waals surface area contributed by atoms with E-state index in [1.807, 2.05) is 17.3 Å². The molecule has 0 bridgehead atoms. The third kappa shape index (κ3) is 3.87. The molecule has 0 atom stereocenters. The first kappa shape index (κ1) is 16.2. The van der Waals surface area contributed by atoms with E-state index in [1.54, 1.807) is 6.92 Å². The standard InChI is InChI=1S/C18H22N4O3/c1-12-20-17(25-21-12)6-18(23)22-5-4-16-14(9-22)7-19-8-15(16)11-24-10-13-2-3-13/h7-8,13H,2-6,9-11H2,1H3. The monoisotopic (exact) mass is 342 g/mol. The molecule has 1 aliphatic heterocycles. The first-order valence-corrected chi connectivity index (χ1v) is 8.78. The molecule has 1 fully saturated rings. The Kier molecular flexibility index (Phi) is 4.48. The molecule has 0 spiro atoms. The topological polar surface area (TPSA) is 81.4 Å². The van der Waals surface area contributed by atoms with Crippen molar-refractivity contribution in [2.75, 3.05) is 13.2 Å². The number of hydrogen-bond acceptors (Lipinski definition) is 6. The highest BCUT2D eigenvalue weighted by atomic mass is 16.5. The van der Waals surface area contributed by atoms with Gasteiger partial charge in [0.2, 0.25) is 11.8 Å². The number of carbonyl (C=O) groups is 1. The van der Waals surface area contributed by atoms with E-state index in [9.17, 15) is 4.79 Å². The van der Waals surface area contributed by atoms with Gasteiger partial charge in [0.15, 0.2) is 5.82 Å². The van der Waals surface area contributed by atoms with Crippen molar-refractivity contribution in [3.05, 3.63) is 40.8 Å². The summed E-state index contributed by atoms with van der Waals surface area (Å²) in [6.07, 6.45) is 7.31. The van der Waals surface area contributed by atoms with E-state index in [2.05, 4.69) is 15.1 Å². The van der Waals surface area contributed by atoms with Crippen LogP contribution in [0.3, 0.4) is 0 Å². The van der Waals surface area contributed by atoms with Crippen molar-refractivity contribution in [3.63, 3.8) is 0 Å². The summed E-state index contributed by atoms with van der Waals surface area (Å²) in [4.78, 5) is 22.7. The minimum absolute atomic E-state index is 0.00434. The molecule has 1 amide bonds. The molecule has 0 N–H and O–H groups in total. The van der Waals surface area contributed by atoms with Crippen molar-refractivity contribution < 1.29 is 14.1 Å². The average molecular weight is 342 g/mol. The molecule has 0 saturated heterocycles. The summed E-state index contributed by atoms with van der Waals surface area (Å²) >= 11 is 0. The molecule has 4 rings (SSSR count). The van der Waals surface area contributed by atoms with Crippen molar-refractivity contribution in [1.29, 1.82) is 0 Å². The Labute approximate surface area is 146 Å². The van der Waals surface area contributed by atoms with Crippen LogP contribution in [0.15, 0.2) is 16.9 Å². The van der Waals surface area contributed by atoms with Crippen LogP contribution in [0.1, 0.15) is 41.2 Å². The Morgan fingerprint density at radius 2 is 2.28 bits per heavy atom. The van der Waals surface area contributed by atoms with E-state index in [0.29, 0.717) is 31.4 Å². The summed E-state index contributed by atoms with van der Waals surface area (Å²) in [6, 6.07) is 0. The summed E-state index contributed by atoms with van der Waals surface area (Å²) in [5.74, 6) is 1.68. The highest BCUT2D eigenvalue weighted by molar-refractivity contribution is 5.78. The number of rotatable bonds is 6. The molecule has 7 heteroatoms. The molecule has 2 aliphatic rings. The fourth-order valence-electron chi connectivity index (χ4n) is 3.18. The maximum Gasteiger partial charge on any atom is 0.236 e. The van der Waals surface area contributed by atoms with Crippen LogP contribution in [0.25, 0.3) is 0 Å².